The van der Waals surface area contributed by atoms with Crippen LogP contribution in [0.5, 0.6) is 0 Å². The molecule has 0 radical (unpaired) electrons. The summed E-state index contributed by atoms with van der Waals surface area (Å²) in [5.41, 5.74) is -0.904. The lowest BCUT2D eigenvalue weighted by molar-refractivity contribution is -0.131. The number of ether oxygens (including phenoxy) is 1. The summed E-state index contributed by atoms with van der Waals surface area (Å²) in [5, 5.41) is 2.70. The molecule has 124 valence electrons. The maximum Gasteiger partial charge on any atom is 0.249 e. The van der Waals surface area contributed by atoms with Crippen molar-refractivity contribution in [2.75, 3.05) is 25.2 Å². The van der Waals surface area contributed by atoms with E-state index in [0.717, 1.165) is 29.9 Å². The van der Waals surface area contributed by atoms with Gasteiger partial charge in [0, 0.05) is 13.7 Å². The van der Waals surface area contributed by atoms with E-state index in [9.17, 15) is 18.4 Å². The van der Waals surface area contributed by atoms with E-state index in [0.29, 0.717) is 13.0 Å². The monoisotopic (exact) mass is 324 g/mol. The van der Waals surface area contributed by atoms with Crippen molar-refractivity contribution in [1.82, 2.24) is 5.32 Å². The largest absolute Gasteiger partial charge is 0.384 e. The second kappa shape index (κ2) is 5.88. The number of rotatable bonds is 5. The minimum atomic E-state index is -0.789. The van der Waals surface area contributed by atoms with E-state index >= 15 is 0 Å². The number of hydrogen-bond acceptors (Lipinski definition) is 3. The average molecular weight is 324 g/mol. The predicted molar refractivity (Wildman–Crippen MR) is 78.8 cm³/mol. The standard InChI is InChI=1S/C16H18F2N2O3/c1-23-9-16(6-7-16)15(22)19-12-5-8-20(14(12)21)13-10(17)3-2-4-11(13)18/h2-4,12H,5-9H2,1H3,(H,19,22). The van der Waals surface area contributed by atoms with Gasteiger partial charge in [-0.15, -0.1) is 0 Å². The van der Waals surface area contributed by atoms with Crippen LogP contribution in [0.1, 0.15) is 19.3 Å². The summed E-state index contributed by atoms with van der Waals surface area (Å²) in [7, 11) is 1.52. The summed E-state index contributed by atoms with van der Waals surface area (Å²) in [5.74, 6) is -2.30. The Morgan fingerprint density at radius 3 is 2.61 bits per heavy atom. The van der Waals surface area contributed by atoms with E-state index in [1.807, 2.05) is 0 Å². The van der Waals surface area contributed by atoms with Gasteiger partial charge in [0.25, 0.3) is 0 Å². The zero-order valence-corrected chi connectivity index (χ0v) is 12.8. The van der Waals surface area contributed by atoms with Crippen molar-refractivity contribution < 1.29 is 23.1 Å². The lowest BCUT2D eigenvalue weighted by Gasteiger charge is -2.20. The number of para-hydroxylation sites is 1. The van der Waals surface area contributed by atoms with Crippen LogP contribution < -0.4 is 10.2 Å². The van der Waals surface area contributed by atoms with E-state index in [4.69, 9.17) is 4.74 Å². The fourth-order valence-corrected chi connectivity index (χ4v) is 2.96. The summed E-state index contributed by atoms with van der Waals surface area (Å²) in [4.78, 5) is 25.7. The van der Waals surface area contributed by atoms with Gasteiger partial charge in [-0.25, -0.2) is 8.78 Å². The molecule has 0 aromatic heterocycles. The van der Waals surface area contributed by atoms with E-state index in [-0.39, 0.29) is 18.1 Å². The Kier molecular flexibility index (Phi) is 4.06. The smallest absolute Gasteiger partial charge is 0.249 e. The highest BCUT2D eigenvalue weighted by Gasteiger charge is 2.51. The number of carbonyl (C=O) groups excluding carboxylic acids is 2. The summed E-state index contributed by atoms with van der Waals surface area (Å²) < 4.78 is 32.7. The number of hydrogen-bond donors (Lipinski definition) is 1. The Labute approximate surface area is 132 Å². The highest BCUT2D eigenvalue weighted by atomic mass is 19.1. The van der Waals surface area contributed by atoms with Crippen LogP contribution in [0.3, 0.4) is 0 Å². The Bertz CT molecular complexity index is 626. The Morgan fingerprint density at radius 2 is 2.04 bits per heavy atom. The minimum Gasteiger partial charge on any atom is -0.384 e. The number of nitrogens with one attached hydrogen (secondary N) is 1. The maximum absolute atomic E-state index is 13.8. The van der Waals surface area contributed by atoms with Gasteiger partial charge in [-0.05, 0) is 31.4 Å². The highest BCUT2D eigenvalue weighted by Crippen LogP contribution is 2.46. The lowest BCUT2D eigenvalue weighted by Crippen LogP contribution is -2.45. The third-order valence-electron chi connectivity index (χ3n) is 4.47. The predicted octanol–water partition coefficient (Wildman–Crippen LogP) is 1.61. The zero-order chi connectivity index (χ0) is 16.6. The molecule has 7 heteroatoms. The van der Waals surface area contributed by atoms with Gasteiger partial charge in [0.2, 0.25) is 11.8 Å². The second-order valence-corrected chi connectivity index (χ2v) is 6.09. The molecule has 5 nitrogen and oxygen atoms in total. The molecule has 2 fully saturated rings. The Balaban J connectivity index is 1.71. The number of amides is 2. The molecule has 23 heavy (non-hydrogen) atoms. The first-order chi connectivity index (χ1) is 11.0. The SMILES string of the molecule is COCC1(C(=O)NC2CCN(c3c(F)cccc3F)C2=O)CC1. The van der Waals surface area contributed by atoms with E-state index in [1.54, 1.807) is 0 Å². The molecule has 1 heterocycles. The van der Waals surface area contributed by atoms with E-state index in [1.165, 1.54) is 13.2 Å². The van der Waals surface area contributed by atoms with Crippen LogP contribution in [0.4, 0.5) is 14.5 Å². The number of anilines is 1. The van der Waals surface area contributed by atoms with Gasteiger partial charge in [-0.2, -0.15) is 0 Å². The Morgan fingerprint density at radius 1 is 1.39 bits per heavy atom. The fraction of sp³-hybridized carbons (Fsp3) is 0.500. The topological polar surface area (TPSA) is 58.6 Å². The normalized spacial score (nSPS) is 22.3. The zero-order valence-electron chi connectivity index (χ0n) is 12.8. The molecule has 1 aliphatic heterocycles. The summed E-state index contributed by atoms with van der Waals surface area (Å²) in [6.45, 7) is 0.476. The number of nitrogens with zero attached hydrogens (tertiary/aromatic N) is 1. The van der Waals surface area contributed by atoms with Crippen molar-refractivity contribution in [1.29, 1.82) is 0 Å². The molecule has 1 saturated heterocycles. The molecule has 2 aliphatic rings. The quantitative estimate of drug-likeness (QED) is 0.895. The van der Waals surface area contributed by atoms with Crippen LogP contribution in [0.15, 0.2) is 18.2 Å². The van der Waals surface area contributed by atoms with Crippen LogP contribution >= 0.6 is 0 Å². The van der Waals surface area contributed by atoms with E-state index in [2.05, 4.69) is 5.32 Å². The first-order valence-corrected chi connectivity index (χ1v) is 7.54. The number of halogens is 2. The molecular weight excluding hydrogens is 306 g/mol. The molecule has 3 rings (SSSR count). The van der Waals surface area contributed by atoms with Gasteiger partial charge < -0.3 is 15.0 Å². The number of methoxy groups -OCH3 is 1. The van der Waals surface area contributed by atoms with Gasteiger partial charge >= 0.3 is 0 Å². The lowest BCUT2D eigenvalue weighted by atomic mass is 10.1. The molecule has 1 atom stereocenters. The van der Waals surface area contributed by atoms with Crippen LogP contribution in [0, 0.1) is 17.0 Å². The van der Waals surface area contributed by atoms with Crippen LogP contribution in [0.2, 0.25) is 0 Å². The molecule has 0 spiro atoms. The van der Waals surface area contributed by atoms with Gasteiger partial charge in [0.1, 0.15) is 23.4 Å². The van der Waals surface area contributed by atoms with Crippen molar-refractivity contribution in [3.8, 4) is 0 Å². The molecule has 2 amide bonds. The van der Waals surface area contributed by atoms with Crippen molar-refractivity contribution in [3.05, 3.63) is 29.8 Å². The van der Waals surface area contributed by atoms with Crippen molar-refractivity contribution in [2.45, 2.75) is 25.3 Å². The van der Waals surface area contributed by atoms with Crippen molar-refractivity contribution in [3.63, 3.8) is 0 Å². The first-order valence-electron chi connectivity index (χ1n) is 7.54. The molecule has 0 bridgehead atoms. The molecule has 1 aromatic carbocycles. The Hall–Kier alpha value is -2.02. The molecular formula is C16H18F2N2O3. The third-order valence-corrected chi connectivity index (χ3v) is 4.47. The first kappa shape index (κ1) is 15.9. The fourth-order valence-electron chi connectivity index (χ4n) is 2.96. The molecule has 1 N–H and O–H groups in total. The third kappa shape index (κ3) is 2.81. The molecule has 1 unspecified atom stereocenters. The second-order valence-electron chi connectivity index (χ2n) is 6.09. The van der Waals surface area contributed by atoms with Gasteiger partial charge in [-0.1, -0.05) is 6.07 Å². The van der Waals surface area contributed by atoms with Crippen molar-refractivity contribution in [2.24, 2.45) is 5.41 Å². The average Bonchev–Trinajstić information content (AvgIpc) is 3.21. The van der Waals surface area contributed by atoms with Gasteiger partial charge in [0.05, 0.1) is 12.0 Å². The maximum atomic E-state index is 13.8. The summed E-state index contributed by atoms with van der Waals surface area (Å²) in [6.07, 6.45) is 1.76. The summed E-state index contributed by atoms with van der Waals surface area (Å²) >= 11 is 0. The number of benzene rings is 1. The van der Waals surface area contributed by atoms with Gasteiger partial charge in [0.15, 0.2) is 0 Å². The van der Waals surface area contributed by atoms with Gasteiger partial charge in [-0.3, -0.25) is 9.59 Å². The summed E-state index contributed by atoms with van der Waals surface area (Å²) in [6, 6.07) is 2.70. The minimum absolute atomic E-state index is 0.166. The molecule has 1 aromatic rings. The highest BCUT2D eigenvalue weighted by molar-refractivity contribution is 6.02. The molecule has 1 aliphatic carbocycles. The van der Waals surface area contributed by atoms with Crippen LogP contribution in [0.25, 0.3) is 0 Å². The molecule has 1 saturated carbocycles. The van der Waals surface area contributed by atoms with Crippen LogP contribution in [-0.2, 0) is 14.3 Å². The number of carbonyl (C=O) groups is 2. The van der Waals surface area contributed by atoms with Crippen LogP contribution in [-0.4, -0.2) is 38.1 Å². The van der Waals surface area contributed by atoms with E-state index < -0.39 is 29.0 Å². The van der Waals surface area contributed by atoms with Crippen molar-refractivity contribution >= 4 is 17.5 Å².